The van der Waals surface area contributed by atoms with Crippen LogP contribution in [0.2, 0.25) is 10.0 Å². The highest BCUT2D eigenvalue weighted by Gasteiger charge is 2.11. The number of nitrogens with one attached hydrogen (secondary N) is 1. The first kappa shape index (κ1) is 24.8. The molecule has 0 aliphatic heterocycles. The standard InChI is InChI=1S/C20H24Cl2N2O4S2/c1-24(30(2,26)27)12-15-6-8-16(9-7-15)28-13-20(25)23-10-11-29-14-17-18(21)4-3-5-19(17)22/h3-9H,10-14H2,1-2H3,(H,23,25). The third-order valence-electron chi connectivity index (χ3n) is 4.14. The van der Waals surface area contributed by atoms with Crippen molar-refractivity contribution in [1.82, 2.24) is 9.62 Å². The number of sulfonamides is 1. The predicted molar refractivity (Wildman–Crippen MR) is 124 cm³/mol. The number of nitrogens with zero attached hydrogens (tertiary/aromatic N) is 1. The molecular weight excluding hydrogens is 467 g/mol. The third-order valence-corrected chi connectivity index (χ3v) is 7.10. The van der Waals surface area contributed by atoms with Crippen LogP contribution in [0.25, 0.3) is 0 Å². The number of ether oxygens (including phenoxy) is 1. The van der Waals surface area contributed by atoms with Gasteiger partial charge in [0.2, 0.25) is 10.0 Å². The fraction of sp³-hybridized carbons (Fsp3) is 0.350. The Kier molecular flexibility index (Phi) is 9.77. The fourth-order valence-electron chi connectivity index (χ4n) is 2.37. The Morgan fingerprint density at radius 2 is 1.77 bits per heavy atom. The van der Waals surface area contributed by atoms with Gasteiger partial charge in [-0.1, -0.05) is 41.4 Å². The zero-order chi connectivity index (χ0) is 22.1. The van der Waals surface area contributed by atoms with E-state index in [1.165, 1.54) is 11.4 Å². The van der Waals surface area contributed by atoms with E-state index in [1.54, 1.807) is 54.2 Å². The Labute approximate surface area is 191 Å². The molecule has 0 aliphatic rings. The molecular formula is C20H24Cl2N2O4S2. The Bertz CT molecular complexity index is 934. The highest BCUT2D eigenvalue weighted by molar-refractivity contribution is 7.98. The molecule has 30 heavy (non-hydrogen) atoms. The lowest BCUT2D eigenvalue weighted by atomic mass is 10.2. The molecule has 2 rings (SSSR count). The van der Waals surface area contributed by atoms with Crippen LogP contribution in [0.5, 0.6) is 5.75 Å². The molecule has 10 heteroatoms. The van der Waals surface area contributed by atoms with Crippen molar-refractivity contribution in [1.29, 1.82) is 0 Å². The summed E-state index contributed by atoms with van der Waals surface area (Å²) < 4.78 is 29.6. The number of thioether (sulfide) groups is 1. The molecule has 0 bridgehead atoms. The molecule has 0 aromatic heterocycles. The van der Waals surface area contributed by atoms with Crippen LogP contribution in [0.3, 0.4) is 0 Å². The molecule has 0 unspecified atom stereocenters. The average molecular weight is 491 g/mol. The summed E-state index contributed by atoms with van der Waals surface area (Å²) in [6.45, 7) is 0.686. The van der Waals surface area contributed by atoms with Crippen molar-refractivity contribution in [3.8, 4) is 5.75 Å². The number of hydrogen-bond donors (Lipinski definition) is 1. The summed E-state index contributed by atoms with van der Waals surface area (Å²) in [7, 11) is -1.71. The smallest absolute Gasteiger partial charge is 0.257 e. The summed E-state index contributed by atoms with van der Waals surface area (Å²) in [5.74, 6) is 1.72. The van der Waals surface area contributed by atoms with Crippen LogP contribution in [-0.4, -0.2) is 50.8 Å². The monoisotopic (exact) mass is 490 g/mol. The normalized spacial score (nSPS) is 11.5. The SMILES string of the molecule is CN(Cc1ccc(OCC(=O)NCCSCc2c(Cl)cccc2Cl)cc1)S(C)(=O)=O. The van der Waals surface area contributed by atoms with Gasteiger partial charge in [-0.3, -0.25) is 4.79 Å². The maximum absolute atomic E-state index is 11.9. The first-order chi connectivity index (χ1) is 14.2. The van der Waals surface area contributed by atoms with Crippen molar-refractivity contribution in [2.75, 3.05) is 32.2 Å². The molecule has 0 saturated heterocycles. The number of rotatable bonds is 11. The first-order valence-corrected chi connectivity index (χ1v) is 12.8. The van der Waals surface area contributed by atoms with Gasteiger partial charge in [-0.2, -0.15) is 11.8 Å². The van der Waals surface area contributed by atoms with Gasteiger partial charge < -0.3 is 10.1 Å². The molecule has 0 atom stereocenters. The van der Waals surface area contributed by atoms with Crippen molar-refractivity contribution in [2.45, 2.75) is 12.3 Å². The molecule has 2 aromatic rings. The van der Waals surface area contributed by atoms with Gasteiger partial charge in [0.25, 0.3) is 5.91 Å². The van der Waals surface area contributed by atoms with E-state index in [9.17, 15) is 13.2 Å². The van der Waals surface area contributed by atoms with E-state index in [2.05, 4.69) is 5.32 Å². The summed E-state index contributed by atoms with van der Waals surface area (Å²) in [5, 5.41) is 4.08. The topological polar surface area (TPSA) is 75.7 Å². The minimum Gasteiger partial charge on any atom is -0.484 e. The molecule has 0 radical (unpaired) electrons. The van der Waals surface area contributed by atoms with E-state index in [1.807, 2.05) is 0 Å². The second-order valence-corrected chi connectivity index (χ2v) is 10.6. The lowest BCUT2D eigenvalue weighted by Crippen LogP contribution is -2.30. The average Bonchev–Trinajstić information content (AvgIpc) is 2.68. The van der Waals surface area contributed by atoms with Gasteiger partial charge in [0.1, 0.15) is 5.75 Å². The second kappa shape index (κ2) is 11.8. The van der Waals surface area contributed by atoms with Crippen molar-refractivity contribution in [3.05, 3.63) is 63.6 Å². The van der Waals surface area contributed by atoms with Crippen molar-refractivity contribution >= 4 is 50.9 Å². The van der Waals surface area contributed by atoms with Gasteiger partial charge in [0.15, 0.2) is 6.61 Å². The van der Waals surface area contributed by atoms with Crippen molar-refractivity contribution < 1.29 is 17.9 Å². The first-order valence-electron chi connectivity index (χ1n) is 9.07. The molecule has 1 amide bonds. The summed E-state index contributed by atoms with van der Waals surface area (Å²) in [6.07, 6.45) is 1.16. The zero-order valence-corrected chi connectivity index (χ0v) is 19.9. The maximum Gasteiger partial charge on any atom is 0.257 e. The van der Waals surface area contributed by atoms with Gasteiger partial charge in [-0.15, -0.1) is 0 Å². The van der Waals surface area contributed by atoms with Gasteiger partial charge in [-0.25, -0.2) is 12.7 Å². The number of carbonyl (C=O) groups is 1. The highest BCUT2D eigenvalue weighted by atomic mass is 35.5. The number of halogens is 2. The van der Waals surface area contributed by atoms with E-state index >= 15 is 0 Å². The van der Waals surface area contributed by atoms with Crippen LogP contribution < -0.4 is 10.1 Å². The fourth-order valence-corrected chi connectivity index (χ4v) is 4.35. The highest BCUT2D eigenvalue weighted by Crippen LogP contribution is 2.27. The summed E-state index contributed by atoms with van der Waals surface area (Å²) >= 11 is 13.9. The van der Waals surface area contributed by atoms with Gasteiger partial charge in [0.05, 0.1) is 6.26 Å². The molecule has 0 fully saturated rings. The van der Waals surface area contributed by atoms with E-state index in [0.29, 0.717) is 28.1 Å². The quantitative estimate of drug-likeness (QED) is 0.484. The molecule has 164 valence electrons. The molecule has 1 N–H and O–H groups in total. The summed E-state index contributed by atoms with van der Waals surface area (Å²) in [5.41, 5.74) is 1.72. The van der Waals surface area contributed by atoms with Crippen molar-refractivity contribution in [3.63, 3.8) is 0 Å². The Morgan fingerprint density at radius 3 is 2.37 bits per heavy atom. The van der Waals surface area contributed by atoms with Crippen LogP contribution in [0.1, 0.15) is 11.1 Å². The number of carbonyl (C=O) groups excluding carboxylic acids is 1. The number of hydrogen-bond acceptors (Lipinski definition) is 5. The third kappa shape index (κ3) is 8.35. The van der Waals surface area contributed by atoms with E-state index in [-0.39, 0.29) is 19.1 Å². The number of amides is 1. The largest absolute Gasteiger partial charge is 0.484 e. The van der Waals surface area contributed by atoms with Crippen LogP contribution >= 0.6 is 35.0 Å². The molecule has 2 aromatic carbocycles. The van der Waals surface area contributed by atoms with Crippen LogP contribution in [0, 0.1) is 0 Å². The molecule has 0 aliphatic carbocycles. The maximum atomic E-state index is 11.9. The lowest BCUT2D eigenvalue weighted by molar-refractivity contribution is -0.122. The summed E-state index contributed by atoms with van der Waals surface area (Å²) in [4.78, 5) is 11.9. The molecule has 0 spiro atoms. The molecule has 0 heterocycles. The minimum absolute atomic E-state index is 0.0937. The van der Waals surface area contributed by atoms with Crippen LogP contribution in [-0.2, 0) is 27.1 Å². The lowest BCUT2D eigenvalue weighted by Gasteiger charge is -2.14. The second-order valence-electron chi connectivity index (χ2n) is 6.55. The van der Waals surface area contributed by atoms with E-state index in [0.717, 1.165) is 23.1 Å². The Morgan fingerprint density at radius 1 is 1.13 bits per heavy atom. The van der Waals surface area contributed by atoms with E-state index in [4.69, 9.17) is 27.9 Å². The minimum atomic E-state index is -3.23. The van der Waals surface area contributed by atoms with E-state index < -0.39 is 10.0 Å². The predicted octanol–water partition coefficient (Wildman–Crippen LogP) is 3.81. The Balaban J connectivity index is 1.66. The van der Waals surface area contributed by atoms with Gasteiger partial charge in [-0.05, 0) is 35.4 Å². The number of benzene rings is 2. The Hall–Kier alpha value is -1.45. The summed E-state index contributed by atoms with van der Waals surface area (Å²) in [6, 6.07) is 12.4. The van der Waals surface area contributed by atoms with Gasteiger partial charge >= 0.3 is 0 Å². The van der Waals surface area contributed by atoms with Crippen molar-refractivity contribution in [2.24, 2.45) is 0 Å². The zero-order valence-electron chi connectivity index (χ0n) is 16.7. The van der Waals surface area contributed by atoms with Gasteiger partial charge in [0, 0.05) is 41.7 Å². The van der Waals surface area contributed by atoms with Crippen LogP contribution in [0.4, 0.5) is 0 Å². The van der Waals surface area contributed by atoms with Crippen LogP contribution in [0.15, 0.2) is 42.5 Å². The molecule has 0 saturated carbocycles. The molecule has 6 nitrogen and oxygen atoms in total.